The van der Waals surface area contributed by atoms with Crippen molar-refractivity contribution in [3.8, 4) is 0 Å². The summed E-state index contributed by atoms with van der Waals surface area (Å²) >= 11 is 1.78. The van der Waals surface area contributed by atoms with Crippen LogP contribution in [-0.4, -0.2) is 26.4 Å². The molecule has 19 heavy (non-hydrogen) atoms. The van der Waals surface area contributed by atoms with E-state index in [-0.39, 0.29) is 5.91 Å². The summed E-state index contributed by atoms with van der Waals surface area (Å²) in [7, 11) is 0. The maximum atomic E-state index is 11.9. The lowest BCUT2D eigenvalue weighted by molar-refractivity contribution is 0.102. The number of aromatic nitrogens is 3. The predicted octanol–water partition coefficient (Wildman–Crippen LogP) is 2.55. The van der Waals surface area contributed by atoms with E-state index in [1.165, 1.54) is 6.20 Å². The first-order chi connectivity index (χ1) is 9.20. The molecule has 6 heteroatoms. The summed E-state index contributed by atoms with van der Waals surface area (Å²) in [4.78, 5) is 15.9. The molecule has 0 saturated carbocycles. The number of hydrogen-bond acceptors (Lipinski definition) is 4. The molecule has 0 aliphatic carbocycles. The maximum Gasteiger partial charge on any atom is 0.258 e. The summed E-state index contributed by atoms with van der Waals surface area (Å²) < 4.78 is 1.88. The number of nitrogens with zero attached hydrogens (tertiary/aromatic N) is 3. The van der Waals surface area contributed by atoms with Crippen molar-refractivity contribution >= 4 is 23.5 Å². The molecule has 0 aliphatic rings. The molecule has 2 aromatic heterocycles. The van der Waals surface area contributed by atoms with E-state index in [1.807, 2.05) is 17.7 Å². The van der Waals surface area contributed by atoms with Gasteiger partial charge in [-0.05, 0) is 24.8 Å². The quantitative estimate of drug-likeness (QED) is 0.911. The molecule has 0 atom stereocenters. The van der Waals surface area contributed by atoms with Crippen molar-refractivity contribution in [3.05, 3.63) is 41.9 Å². The summed E-state index contributed by atoms with van der Waals surface area (Å²) in [6.07, 6.45) is 3.17. The number of carbonyl (C=O) groups excluding carboxylic acids is 1. The van der Waals surface area contributed by atoms with Gasteiger partial charge >= 0.3 is 0 Å². The van der Waals surface area contributed by atoms with Gasteiger partial charge in [0.2, 0.25) is 0 Å². The van der Waals surface area contributed by atoms with Gasteiger partial charge in [-0.2, -0.15) is 5.10 Å². The summed E-state index contributed by atoms with van der Waals surface area (Å²) in [6, 6.07) is 5.32. The SMILES string of the molecule is CCSCn1nc(NC(=O)c2cccnc2)cc1C. The molecule has 0 aromatic carbocycles. The molecule has 0 radical (unpaired) electrons. The third-order valence-corrected chi connectivity index (χ3v) is 3.40. The summed E-state index contributed by atoms with van der Waals surface area (Å²) in [5.41, 5.74) is 1.56. The monoisotopic (exact) mass is 276 g/mol. The highest BCUT2D eigenvalue weighted by Crippen LogP contribution is 2.13. The van der Waals surface area contributed by atoms with Crippen molar-refractivity contribution in [1.29, 1.82) is 0 Å². The standard InChI is InChI=1S/C13H16N4OS/c1-3-19-9-17-10(2)7-12(16-17)15-13(18)11-5-4-6-14-8-11/h4-8H,3,9H2,1-2H3,(H,15,16,18). The van der Waals surface area contributed by atoms with Gasteiger partial charge in [0.25, 0.3) is 5.91 Å². The van der Waals surface area contributed by atoms with Crippen LogP contribution in [0.25, 0.3) is 0 Å². The average Bonchev–Trinajstić information content (AvgIpc) is 2.77. The van der Waals surface area contributed by atoms with Crippen LogP contribution in [0, 0.1) is 6.92 Å². The number of rotatable bonds is 5. The zero-order chi connectivity index (χ0) is 13.7. The zero-order valence-electron chi connectivity index (χ0n) is 11.0. The summed E-state index contributed by atoms with van der Waals surface area (Å²) in [6.45, 7) is 4.08. The van der Waals surface area contributed by atoms with E-state index in [4.69, 9.17) is 0 Å². The van der Waals surface area contributed by atoms with E-state index in [2.05, 4.69) is 22.3 Å². The molecular formula is C13H16N4OS. The molecule has 0 spiro atoms. The fourth-order valence-corrected chi connectivity index (χ4v) is 2.18. The van der Waals surface area contributed by atoms with Gasteiger partial charge in [-0.1, -0.05) is 6.92 Å². The Morgan fingerprint density at radius 3 is 3.05 bits per heavy atom. The summed E-state index contributed by atoms with van der Waals surface area (Å²) in [5.74, 6) is 2.21. The average molecular weight is 276 g/mol. The van der Waals surface area contributed by atoms with E-state index in [0.29, 0.717) is 11.4 Å². The number of anilines is 1. The Kier molecular flexibility index (Phi) is 4.57. The first-order valence-corrected chi connectivity index (χ1v) is 7.19. The largest absolute Gasteiger partial charge is 0.305 e. The number of carbonyl (C=O) groups is 1. The molecule has 0 fully saturated rings. The molecule has 2 aromatic rings. The van der Waals surface area contributed by atoms with Crippen LogP contribution in [0.5, 0.6) is 0 Å². The van der Waals surface area contributed by atoms with E-state index in [0.717, 1.165) is 17.3 Å². The lowest BCUT2D eigenvalue weighted by Gasteiger charge is -2.02. The molecule has 0 bridgehead atoms. The van der Waals surface area contributed by atoms with Crippen LogP contribution in [-0.2, 0) is 5.88 Å². The lowest BCUT2D eigenvalue weighted by Crippen LogP contribution is -2.12. The van der Waals surface area contributed by atoms with Gasteiger partial charge in [0.15, 0.2) is 5.82 Å². The molecule has 5 nitrogen and oxygen atoms in total. The third kappa shape index (κ3) is 3.57. The molecule has 2 rings (SSSR count). The molecule has 2 heterocycles. The first kappa shape index (κ1) is 13.6. The lowest BCUT2D eigenvalue weighted by atomic mass is 10.3. The van der Waals surface area contributed by atoms with Gasteiger partial charge in [0.1, 0.15) is 0 Å². The second-order valence-electron chi connectivity index (χ2n) is 3.99. The minimum atomic E-state index is -0.194. The van der Waals surface area contributed by atoms with Crippen molar-refractivity contribution in [1.82, 2.24) is 14.8 Å². The molecule has 1 amide bonds. The van der Waals surface area contributed by atoms with Crippen LogP contribution < -0.4 is 5.32 Å². The predicted molar refractivity (Wildman–Crippen MR) is 77.3 cm³/mol. The fraction of sp³-hybridized carbons (Fsp3) is 0.308. The van der Waals surface area contributed by atoms with E-state index in [9.17, 15) is 4.79 Å². The number of hydrogen-bond donors (Lipinski definition) is 1. The van der Waals surface area contributed by atoms with Crippen molar-refractivity contribution in [3.63, 3.8) is 0 Å². The van der Waals surface area contributed by atoms with Crippen LogP contribution in [0.1, 0.15) is 23.0 Å². The van der Waals surface area contributed by atoms with Gasteiger partial charge in [-0.15, -0.1) is 11.8 Å². The second kappa shape index (κ2) is 6.38. The highest BCUT2D eigenvalue weighted by atomic mass is 32.2. The Balaban J connectivity index is 2.05. The highest BCUT2D eigenvalue weighted by molar-refractivity contribution is 7.98. The van der Waals surface area contributed by atoms with Gasteiger partial charge in [0.05, 0.1) is 11.4 Å². The van der Waals surface area contributed by atoms with Gasteiger partial charge in [0, 0.05) is 24.2 Å². The number of thioether (sulfide) groups is 1. The fourth-order valence-electron chi connectivity index (χ4n) is 1.57. The third-order valence-electron chi connectivity index (χ3n) is 2.56. The Hall–Kier alpha value is -1.82. The first-order valence-electron chi connectivity index (χ1n) is 6.04. The van der Waals surface area contributed by atoms with Crippen LogP contribution in [0.3, 0.4) is 0 Å². The van der Waals surface area contributed by atoms with Crippen molar-refractivity contribution in [2.24, 2.45) is 0 Å². The maximum absolute atomic E-state index is 11.9. The Labute approximate surface area is 116 Å². The van der Waals surface area contributed by atoms with Crippen LogP contribution in [0.15, 0.2) is 30.6 Å². The van der Waals surface area contributed by atoms with E-state index in [1.54, 1.807) is 30.1 Å². The van der Waals surface area contributed by atoms with Crippen molar-refractivity contribution in [2.75, 3.05) is 11.1 Å². The van der Waals surface area contributed by atoms with E-state index >= 15 is 0 Å². The van der Waals surface area contributed by atoms with Gasteiger partial charge in [-0.3, -0.25) is 14.5 Å². The van der Waals surface area contributed by atoms with Crippen molar-refractivity contribution in [2.45, 2.75) is 19.7 Å². The number of pyridine rings is 1. The topological polar surface area (TPSA) is 59.8 Å². The second-order valence-corrected chi connectivity index (χ2v) is 5.23. The minimum absolute atomic E-state index is 0.194. The number of aryl methyl sites for hydroxylation is 1. The molecule has 1 N–H and O–H groups in total. The Morgan fingerprint density at radius 2 is 2.37 bits per heavy atom. The molecular weight excluding hydrogens is 260 g/mol. The highest BCUT2D eigenvalue weighted by Gasteiger charge is 2.09. The minimum Gasteiger partial charge on any atom is -0.305 e. The van der Waals surface area contributed by atoms with E-state index < -0.39 is 0 Å². The Morgan fingerprint density at radius 1 is 1.53 bits per heavy atom. The van der Waals surface area contributed by atoms with Crippen LogP contribution in [0.4, 0.5) is 5.82 Å². The van der Waals surface area contributed by atoms with Gasteiger partial charge in [-0.25, -0.2) is 0 Å². The van der Waals surface area contributed by atoms with Gasteiger partial charge < -0.3 is 5.32 Å². The van der Waals surface area contributed by atoms with Crippen molar-refractivity contribution < 1.29 is 4.79 Å². The molecule has 0 unspecified atom stereocenters. The molecule has 0 aliphatic heterocycles. The normalized spacial score (nSPS) is 10.4. The number of nitrogens with one attached hydrogen (secondary N) is 1. The number of amides is 1. The summed E-state index contributed by atoms with van der Waals surface area (Å²) in [5, 5.41) is 7.13. The Bertz CT molecular complexity index is 553. The van der Waals surface area contributed by atoms with Crippen LogP contribution in [0.2, 0.25) is 0 Å². The zero-order valence-corrected chi connectivity index (χ0v) is 11.8. The molecule has 0 saturated heterocycles. The smallest absolute Gasteiger partial charge is 0.258 e. The van der Waals surface area contributed by atoms with Crippen LogP contribution >= 0.6 is 11.8 Å². The molecule has 100 valence electrons.